The van der Waals surface area contributed by atoms with Crippen LogP contribution in [0.15, 0.2) is 41.9 Å². The maximum Gasteiger partial charge on any atom is 0.222 e. The van der Waals surface area contributed by atoms with Gasteiger partial charge in [-0.15, -0.1) is 11.3 Å². The van der Waals surface area contributed by atoms with Gasteiger partial charge < -0.3 is 15.3 Å². The van der Waals surface area contributed by atoms with Gasteiger partial charge in [0, 0.05) is 32.0 Å². The topological polar surface area (TPSA) is 99.6 Å². The number of nitrogens with zero attached hydrogens (tertiary/aromatic N) is 2. The number of rotatable bonds is 7. The average molecular weight is 546 g/mol. The molecule has 2 heterocycles. The first-order valence-electron chi connectivity index (χ1n) is 13.2. The summed E-state index contributed by atoms with van der Waals surface area (Å²) in [6.07, 6.45) is 5.76. The molecule has 2 aromatic rings. The van der Waals surface area contributed by atoms with Crippen LogP contribution in [0, 0.1) is 18.8 Å². The van der Waals surface area contributed by atoms with Crippen molar-refractivity contribution in [3.63, 3.8) is 0 Å². The van der Waals surface area contributed by atoms with Crippen LogP contribution in [0.4, 0.5) is 0 Å². The number of amides is 2. The summed E-state index contributed by atoms with van der Waals surface area (Å²) in [5.74, 6) is 1.07. The number of carbonyl (C=O) groups excluding carboxylic acids is 3. The number of allylic oxidation sites excluding steroid dienone is 2. The van der Waals surface area contributed by atoms with Crippen molar-refractivity contribution in [3.05, 3.63) is 53.2 Å². The van der Waals surface area contributed by atoms with Crippen molar-refractivity contribution >= 4 is 29.4 Å². The number of ketones is 1. The number of hydrogen-bond acceptors (Lipinski definition) is 6. The molecule has 1 fully saturated rings. The van der Waals surface area contributed by atoms with Crippen molar-refractivity contribution in [2.75, 3.05) is 13.1 Å². The minimum atomic E-state index is -0.291. The molecule has 2 N–H and O–H groups in total. The lowest BCUT2D eigenvalue weighted by Crippen LogP contribution is -2.30. The summed E-state index contributed by atoms with van der Waals surface area (Å²) in [6.45, 7) is 17.3. The van der Waals surface area contributed by atoms with Gasteiger partial charge in [0.05, 0.1) is 22.2 Å². The van der Waals surface area contributed by atoms with Crippen LogP contribution in [0.5, 0.6) is 0 Å². The molecule has 1 unspecified atom stereocenters. The number of aliphatic hydroxyl groups excluding tert-OH is 1. The highest BCUT2D eigenvalue weighted by atomic mass is 32.1. The number of carbonyl (C=O) groups is 3. The molecule has 2 amide bonds. The quantitative estimate of drug-likeness (QED) is 0.338. The van der Waals surface area contributed by atoms with Crippen LogP contribution in [0.25, 0.3) is 10.4 Å². The molecule has 0 saturated carbocycles. The normalized spacial score (nSPS) is 14.2. The zero-order valence-electron chi connectivity index (χ0n) is 24.4. The number of benzene rings is 1. The number of likely N-dealkylation sites (tertiary alicyclic amines) is 1. The van der Waals surface area contributed by atoms with Crippen molar-refractivity contribution in [2.45, 2.75) is 80.9 Å². The third-order valence-electron chi connectivity index (χ3n) is 5.60. The van der Waals surface area contributed by atoms with Gasteiger partial charge >= 0.3 is 0 Å². The predicted molar refractivity (Wildman–Crippen MR) is 158 cm³/mol. The second-order valence-corrected chi connectivity index (χ2v) is 10.6. The van der Waals surface area contributed by atoms with E-state index in [-0.39, 0.29) is 23.7 Å². The van der Waals surface area contributed by atoms with Gasteiger partial charge in [-0.3, -0.25) is 14.4 Å². The average Bonchev–Trinajstić information content (AvgIpc) is 3.51. The Morgan fingerprint density at radius 2 is 1.74 bits per heavy atom. The highest BCUT2D eigenvalue weighted by molar-refractivity contribution is 7.13. The summed E-state index contributed by atoms with van der Waals surface area (Å²) in [6, 6.07) is 8.15. The molecule has 212 valence electrons. The van der Waals surface area contributed by atoms with E-state index in [1.807, 2.05) is 78.3 Å². The molecule has 0 aliphatic carbocycles. The molecule has 0 spiro atoms. The number of Topliss-reactive ketones (excluding diaryl/α,β-unsaturated/α-hetero) is 1. The molecule has 1 aromatic heterocycles. The van der Waals surface area contributed by atoms with Gasteiger partial charge in [-0.05, 0) is 51.2 Å². The summed E-state index contributed by atoms with van der Waals surface area (Å²) >= 11 is 1.64. The Bertz CT molecular complexity index is 964. The number of thiazole rings is 1. The highest BCUT2D eigenvalue weighted by Crippen LogP contribution is 2.27. The maximum atomic E-state index is 11.4. The van der Waals surface area contributed by atoms with Crippen LogP contribution < -0.4 is 5.32 Å². The first kappa shape index (κ1) is 35.2. The third-order valence-corrected chi connectivity index (χ3v) is 6.57. The molecule has 1 aliphatic heterocycles. The molecule has 1 aromatic carbocycles. The molecular weight excluding hydrogens is 498 g/mol. The van der Waals surface area contributed by atoms with E-state index in [0.717, 1.165) is 24.2 Å². The van der Waals surface area contributed by atoms with Gasteiger partial charge in [0.1, 0.15) is 5.78 Å². The number of aliphatic hydroxyl groups is 1. The molecule has 3 rings (SSSR count). The maximum absolute atomic E-state index is 11.4. The summed E-state index contributed by atoms with van der Waals surface area (Å²) in [4.78, 5) is 38.9. The van der Waals surface area contributed by atoms with Crippen molar-refractivity contribution < 1.29 is 19.5 Å². The fourth-order valence-corrected chi connectivity index (χ4v) is 3.77. The Balaban J connectivity index is 0.000000547. The van der Waals surface area contributed by atoms with Crippen LogP contribution >= 0.6 is 11.3 Å². The third kappa shape index (κ3) is 15.4. The lowest BCUT2D eigenvalue weighted by Gasteiger charge is -2.16. The summed E-state index contributed by atoms with van der Waals surface area (Å²) in [5.41, 5.74) is 5.18. The molecule has 1 saturated heterocycles. The van der Waals surface area contributed by atoms with Crippen LogP contribution in [0.1, 0.15) is 72.6 Å². The molecule has 0 bridgehead atoms. The number of hydrogen-bond donors (Lipinski definition) is 2. The zero-order valence-corrected chi connectivity index (χ0v) is 25.2. The first-order chi connectivity index (χ1) is 18.0. The Labute approximate surface area is 233 Å². The van der Waals surface area contributed by atoms with Crippen molar-refractivity contribution in [3.8, 4) is 10.4 Å². The fourth-order valence-electron chi connectivity index (χ4n) is 2.96. The van der Waals surface area contributed by atoms with Gasteiger partial charge in [0.25, 0.3) is 0 Å². The van der Waals surface area contributed by atoms with E-state index in [0.29, 0.717) is 31.8 Å². The standard InChI is InChI=1S/C12H12N2OS.C9H17NO2.C5H10O.C4H8/c1-9-12(16-8-14-9)11-4-2-10(3-5-11)6-13-7-15;1-7(2)5-9(12)10-4-3-8(11)6-10;1-4(2)5(3)6;1-3-4-2/h2-5,7-8H,6H2,1H3,(H,13,15);7-8,11H,3-6H2,1-2H3;4H,1-3H3;3-4H,1-2H3/b;;;4-3-. The number of nitrogens with one attached hydrogen (secondary N) is 1. The Morgan fingerprint density at radius 1 is 1.16 bits per heavy atom. The number of aryl methyl sites for hydroxylation is 1. The van der Waals surface area contributed by atoms with Gasteiger partial charge in [-0.2, -0.15) is 0 Å². The summed E-state index contributed by atoms with van der Waals surface area (Å²) in [7, 11) is 0. The lowest BCUT2D eigenvalue weighted by molar-refractivity contribution is -0.131. The summed E-state index contributed by atoms with van der Waals surface area (Å²) < 4.78 is 0. The van der Waals surface area contributed by atoms with Gasteiger partial charge in [0.15, 0.2) is 0 Å². The smallest absolute Gasteiger partial charge is 0.222 e. The minimum absolute atomic E-state index is 0.182. The second kappa shape index (κ2) is 20.2. The fraction of sp³-hybridized carbons (Fsp3) is 0.533. The molecule has 8 heteroatoms. The van der Waals surface area contributed by atoms with E-state index in [1.165, 1.54) is 10.4 Å². The zero-order chi connectivity index (χ0) is 29.1. The van der Waals surface area contributed by atoms with Crippen molar-refractivity contribution in [2.24, 2.45) is 11.8 Å². The molecule has 1 aliphatic rings. The second-order valence-electron chi connectivity index (χ2n) is 9.77. The van der Waals surface area contributed by atoms with Crippen molar-refractivity contribution in [1.29, 1.82) is 0 Å². The van der Waals surface area contributed by atoms with Gasteiger partial charge in [0.2, 0.25) is 12.3 Å². The number of aromatic nitrogens is 1. The van der Waals surface area contributed by atoms with E-state index >= 15 is 0 Å². The van der Waals surface area contributed by atoms with Crippen LogP contribution in [0.3, 0.4) is 0 Å². The van der Waals surface area contributed by atoms with Crippen LogP contribution in [-0.4, -0.2) is 52.3 Å². The van der Waals surface area contributed by atoms with Gasteiger partial charge in [-0.25, -0.2) is 4.98 Å². The first-order valence-corrected chi connectivity index (χ1v) is 14.0. The van der Waals surface area contributed by atoms with E-state index in [4.69, 9.17) is 0 Å². The predicted octanol–water partition coefficient (Wildman–Crippen LogP) is 5.80. The molecule has 38 heavy (non-hydrogen) atoms. The number of β-amino-alcohol motifs (C(OH)–C–C–N with tert-alkyl or cyclic N) is 1. The van der Waals surface area contributed by atoms with Crippen LogP contribution in [0.2, 0.25) is 0 Å². The Morgan fingerprint density at radius 3 is 2.11 bits per heavy atom. The van der Waals surface area contributed by atoms with Gasteiger partial charge in [-0.1, -0.05) is 64.1 Å². The minimum Gasteiger partial charge on any atom is -0.391 e. The summed E-state index contributed by atoms with van der Waals surface area (Å²) in [5, 5.41) is 11.8. The van der Waals surface area contributed by atoms with Crippen LogP contribution in [-0.2, 0) is 20.9 Å². The molecular formula is C30H47N3O4S. The highest BCUT2D eigenvalue weighted by Gasteiger charge is 2.24. The Hall–Kier alpha value is -2.84. The largest absolute Gasteiger partial charge is 0.391 e. The Kier molecular flexibility index (Phi) is 18.7. The lowest BCUT2D eigenvalue weighted by atomic mass is 10.1. The monoisotopic (exact) mass is 545 g/mol. The van der Waals surface area contributed by atoms with E-state index < -0.39 is 0 Å². The van der Waals surface area contributed by atoms with E-state index in [1.54, 1.807) is 23.2 Å². The van der Waals surface area contributed by atoms with E-state index in [2.05, 4.69) is 22.4 Å². The van der Waals surface area contributed by atoms with E-state index in [9.17, 15) is 19.5 Å². The molecule has 1 atom stereocenters. The molecule has 0 radical (unpaired) electrons. The molecule has 7 nitrogen and oxygen atoms in total. The SMILES string of the molecule is C/C=C\C.CC(=O)C(C)C.CC(C)CC(=O)N1CCC(O)C1.Cc1ncsc1-c1ccc(CNC=O)cc1. The van der Waals surface area contributed by atoms with Crippen molar-refractivity contribution in [1.82, 2.24) is 15.2 Å².